The van der Waals surface area contributed by atoms with E-state index in [0.29, 0.717) is 5.69 Å². The summed E-state index contributed by atoms with van der Waals surface area (Å²) in [6, 6.07) is 5.21. The van der Waals surface area contributed by atoms with Gasteiger partial charge in [0, 0.05) is 24.8 Å². The molecule has 1 aromatic carbocycles. The number of benzene rings is 1. The maximum absolute atomic E-state index is 12.7. The van der Waals surface area contributed by atoms with Crippen LogP contribution in [-0.2, 0) is 0 Å². The normalized spacial score (nSPS) is 17.6. The molecule has 1 N–H and O–H groups in total. The Labute approximate surface area is 118 Å². The van der Waals surface area contributed by atoms with Crippen molar-refractivity contribution in [1.82, 2.24) is 5.32 Å². The third-order valence-corrected chi connectivity index (χ3v) is 3.07. The predicted octanol–water partition coefficient (Wildman–Crippen LogP) is 3.40. The molecule has 1 saturated heterocycles. The van der Waals surface area contributed by atoms with Crippen LogP contribution in [0.5, 0.6) is 5.75 Å². The van der Waals surface area contributed by atoms with Crippen LogP contribution >= 0.6 is 0 Å². The molecule has 1 aliphatic heterocycles. The van der Waals surface area contributed by atoms with Crippen LogP contribution < -0.4 is 15.4 Å². The molecule has 0 aliphatic carbocycles. The van der Waals surface area contributed by atoms with E-state index in [4.69, 9.17) is 0 Å². The molecule has 0 saturated carbocycles. The van der Waals surface area contributed by atoms with Gasteiger partial charge in [0.15, 0.2) is 0 Å². The number of nitrogens with one attached hydrogen (secondary N) is 1. The van der Waals surface area contributed by atoms with Gasteiger partial charge >= 0.3 is 12.3 Å². The molecule has 8 heteroatoms. The van der Waals surface area contributed by atoms with Crippen LogP contribution in [-0.4, -0.2) is 31.4 Å². The van der Waals surface area contributed by atoms with Crippen molar-refractivity contribution < 1.29 is 26.7 Å². The summed E-state index contributed by atoms with van der Waals surface area (Å²) < 4.78 is 65.2. The van der Waals surface area contributed by atoms with Gasteiger partial charge in [0.1, 0.15) is 5.75 Å². The molecule has 0 atom stereocenters. The van der Waals surface area contributed by atoms with Crippen molar-refractivity contribution in [3.8, 4) is 5.75 Å². The van der Waals surface area contributed by atoms with Crippen LogP contribution in [0.25, 0.3) is 0 Å². The average Bonchev–Trinajstić information content (AvgIpc) is 2.41. The smallest absolute Gasteiger partial charge is 0.426 e. The highest BCUT2D eigenvalue weighted by molar-refractivity contribution is 5.47. The summed E-state index contributed by atoms with van der Waals surface area (Å²) in [6.07, 6.45) is -9.21. The van der Waals surface area contributed by atoms with Crippen molar-refractivity contribution in [2.75, 3.05) is 18.4 Å². The fourth-order valence-corrected chi connectivity index (χ4v) is 1.96. The van der Waals surface area contributed by atoms with E-state index in [1.54, 1.807) is 0 Å². The summed E-state index contributed by atoms with van der Waals surface area (Å²) in [5.74, 6) is -0.540. The second-order valence-electron chi connectivity index (χ2n) is 4.73. The number of anilines is 1. The van der Waals surface area contributed by atoms with E-state index in [-0.39, 0.29) is 6.04 Å². The molecule has 1 aromatic rings. The van der Waals surface area contributed by atoms with Crippen LogP contribution in [0, 0.1) is 0 Å². The van der Waals surface area contributed by atoms with Crippen molar-refractivity contribution in [3.63, 3.8) is 0 Å². The van der Waals surface area contributed by atoms with Crippen molar-refractivity contribution in [2.24, 2.45) is 0 Å². The van der Waals surface area contributed by atoms with E-state index in [0.717, 1.165) is 38.1 Å². The molecule has 1 heterocycles. The Bertz CT molecular complexity index is 455. The first kappa shape index (κ1) is 15.8. The summed E-state index contributed by atoms with van der Waals surface area (Å²) in [5, 5.41) is 7.37. The Morgan fingerprint density at radius 2 is 1.57 bits per heavy atom. The highest BCUT2D eigenvalue weighted by Gasteiger charge is 2.61. The minimum atomic E-state index is -5.74. The van der Waals surface area contributed by atoms with Gasteiger partial charge in [-0.2, -0.15) is 22.0 Å². The van der Waals surface area contributed by atoms with Crippen LogP contribution in [0.1, 0.15) is 12.8 Å². The Balaban J connectivity index is 1.95. The van der Waals surface area contributed by atoms with Gasteiger partial charge < -0.3 is 10.1 Å². The maximum atomic E-state index is 12.7. The third-order valence-electron chi connectivity index (χ3n) is 3.07. The van der Waals surface area contributed by atoms with Crippen molar-refractivity contribution in [1.29, 1.82) is 0 Å². The first-order valence-corrected chi connectivity index (χ1v) is 6.41. The summed E-state index contributed by atoms with van der Waals surface area (Å²) >= 11 is 0. The number of hydrogen-bond donors (Lipinski definition) is 1. The number of piperidine rings is 1. The van der Waals surface area contributed by atoms with E-state index in [1.807, 2.05) is 0 Å². The highest BCUT2D eigenvalue weighted by Crippen LogP contribution is 2.37. The topological polar surface area (TPSA) is 35.4 Å². The summed E-state index contributed by atoms with van der Waals surface area (Å²) in [5.41, 5.74) is 0.643. The molecule has 1 fully saturated rings. The van der Waals surface area contributed by atoms with E-state index >= 15 is 0 Å². The van der Waals surface area contributed by atoms with Gasteiger partial charge in [0.2, 0.25) is 0 Å². The zero-order valence-corrected chi connectivity index (χ0v) is 11.0. The maximum Gasteiger partial charge on any atom is 0.499 e. The number of hydrogen-bond acceptors (Lipinski definition) is 2. The van der Waals surface area contributed by atoms with Gasteiger partial charge in [-0.1, -0.05) is 0 Å². The molecule has 0 unspecified atom stereocenters. The van der Waals surface area contributed by atoms with E-state index in [2.05, 4.69) is 15.4 Å². The fraction of sp³-hybridized carbons (Fsp3) is 0.538. The van der Waals surface area contributed by atoms with Crippen LogP contribution in [0.2, 0.25) is 0 Å². The number of ether oxygens (including phenoxy) is 1. The molecule has 0 spiro atoms. The van der Waals surface area contributed by atoms with Gasteiger partial charge in [-0.3, -0.25) is 0 Å². The van der Waals surface area contributed by atoms with Crippen molar-refractivity contribution in [2.45, 2.75) is 31.2 Å². The summed E-state index contributed by atoms with van der Waals surface area (Å²) in [4.78, 5) is 0. The van der Waals surface area contributed by atoms with E-state index < -0.39 is 18.0 Å². The standard InChI is InChI=1S/C13H14F5N2O/c14-12(15,16)13(17,18)21-11-3-1-9(2-4-11)20-10-5-7-19-8-6-10/h1-4,10,20H,5-8H2. The van der Waals surface area contributed by atoms with Gasteiger partial charge in [-0.05, 0) is 37.1 Å². The number of nitrogens with zero attached hydrogens (tertiary/aromatic N) is 1. The van der Waals surface area contributed by atoms with Crippen LogP contribution in [0.4, 0.5) is 27.6 Å². The lowest BCUT2D eigenvalue weighted by Gasteiger charge is -2.24. The lowest BCUT2D eigenvalue weighted by Crippen LogP contribution is -2.41. The Morgan fingerprint density at radius 1 is 1.00 bits per heavy atom. The van der Waals surface area contributed by atoms with Crippen LogP contribution in [0.3, 0.4) is 0 Å². The fourth-order valence-electron chi connectivity index (χ4n) is 1.96. The monoisotopic (exact) mass is 309 g/mol. The minimum Gasteiger partial charge on any atom is -0.426 e. The lowest BCUT2D eigenvalue weighted by molar-refractivity contribution is -0.360. The van der Waals surface area contributed by atoms with Crippen molar-refractivity contribution in [3.05, 3.63) is 24.3 Å². The Kier molecular flexibility index (Phi) is 4.55. The number of halogens is 5. The van der Waals surface area contributed by atoms with E-state index in [1.165, 1.54) is 12.1 Å². The predicted molar refractivity (Wildman–Crippen MR) is 66.6 cm³/mol. The van der Waals surface area contributed by atoms with E-state index in [9.17, 15) is 22.0 Å². The quantitative estimate of drug-likeness (QED) is 0.865. The van der Waals surface area contributed by atoms with Gasteiger partial charge in [0.05, 0.1) is 0 Å². The second-order valence-corrected chi connectivity index (χ2v) is 4.73. The molecule has 1 radical (unpaired) electrons. The summed E-state index contributed by atoms with van der Waals surface area (Å²) in [7, 11) is 0. The van der Waals surface area contributed by atoms with Gasteiger partial charge in [-0.25, -0.2) is 5.32 Å². The zero-order chi connectivity index (χ0) is 15.5. The Hall–Kier alpha value is -1.57. The SMILES string of the molecule is FC(F)(F)C(F)(F)Oc1ccc(NC2CC[N]CC2)cc1. The molecule has 0 bridgehead atoms. The zero-order valence-electron chi connectivity index (χ0n) is 11.0. The minimum absolute atomic E-state index is 0.228. The second kappa shape index (κ2) is 6.05. The Morgan fingerprint density at radius 3 is 2.10 bits per heavy atom. The first-order valence-electron chi connectivity index (χ1n) is 6.41. The average molecular weight is 309 g/mol. The molecule has 21 heavy (non-hydrogen) atoms. The molecular formula is C13H14F5N2O. The third kappa shape index (κ3) is 4.20. The molecule has 0 amide bonds. The van der Waals surface area contributed by atoms with Crippen molar-refractivity contribution >= 4 is 5.69 Å². The highest BCUT2D eigenvalue weighted by atomic mass is 19.4. The first-order chi connectivity index (χ1) is 9.78. The molecule has 3 nitrogen and oxygen atoms in total. The summed E-state index contributed by atoms with van der Waals surface area (Å²) in [6.45, 7) is 1.52. The number of alkyl halides is 5. The van der Waals surface area contributed by atoms with Gasteiger partial charge in [-0.15, -0.1) is 0 Å². The molecule has 117 valence electrons. The van der Waals surface area contributed by atoms with Crippen LogP contribution in [0.15, 0.2) is 24.3 Å². The largest absolute Gasteiger partial charge is 0.499 e. The van der Waals surface area contributed by atoms with Gasteiger partial charge in [0.25, 0.3) is 0 Å². The molecule has 1 aliphatic rings. The molecule has 0 aromatic heterocycles. The molecular weight excluding hydrogens is 295 g/mol. The lowest BCUT2D eigenvalue weighted by atomic mass is 10.1. The number of rotatable bonds is 4. The molecule has 2 rings (SSSR count).